The van der Waals surface area contributed by atoms with Gasteiger partial charge in [0.25, 0.3) is 0 Å². The van der Waals surface area contributed by atoms with E-state index in [-0.39, 0.29) is 18.5 Å². The minimum atomic E-state index is -0.341. The van der Waals surface area contributed by atoms with Gasteiger partial charge in [-0.25, -0.2) is 0 Å². The van der Waals surface area contributed by atoms with Crippen LogP contribution in [0.2, 0.25) is 0 Å². The summed E-state index contributed by atoms with van der Waals surface area (Å²) in [5, 5.41) is 10.9. The molecule has 0 aromatic heterocycles. The number of rotatable bonds is 15. The van der Waals surface area contributed by atoms with Crippen molar-refractivity contribution in [1.29, 1.82) is 0 Å². The molecule has 0 aliphatic heterocycles. The summed E-state index contributed by atoms with van der Waals surface area (Å²) < 4.78 is 0. The number of hydrogen-bond donors (Lipinski definition) is 1. The topological polar surface area (TPSA) is 23.5 Å². The highest BCUT2D eigenvalue weighted by atomic mass is 35.5. The van der Waals surface area contributed by atoms with E-state index in [0.29, 0.717) is 5.92 Å². The highest BCUT2D eigenvalue weighted by molar-refractivity contribution is 5.85. The summed E-state index contributed by atoms with van der Waals surface area (Å²) in [6.45, 7) is 9.82. The molecular weight excluding hydrogens is 342 g/mol. The fourth-order valence-electron chi connectivity index (χ4n) is 3.63. The van der Waals surface area contributed by atoms with Crippen molar-refractivity contribution >= 4 is 12.4 Å². The highest BCUT2D eigenvalue weighted by Crippen LogP contribution is 2.27. The summed E-state index contributed by atoms with van der Waals surface area (Å²) in [5.41, 5.74) is 1.07. The maximum Gasteiger partial charge on any atom is 0.0830 e. The summed E-state index contributed by atoms with van der Waals surface area (Å²) in [6, 6.07) is 10.2. The van der Waals surface area contributed by atoms with Crippen molar-refractivity contribution in [3.05, 3.63) is 35.9 Å². The molecule has 1 aromatic rings. The molecule has 0 fully saturated rings. The molecule has 0 aliphatic carbocycles. The van der Waals surface area contributed by atoms with Crippen molar-refractivity contribution in [2.45, 2.75) is 84.7 Å². The largest absolute Gasteiger partial charge is 0.388 e. The summed E-state index contributed by atoms with van der Waals surface area (Å²) in [5.74, 6) is 0.336. The van der Waals surface area contributed by atoms with E-state index in [2.05, 4.69) is 37.8 Å². The molecule has 1 rings (SSSR count). The number of unbranched alkanes of at least 4 members (excludes halogenated alkanes) is 7. The number of aliphatic hydroxyl groups excluding tert-OH is 1. The first-order chi connectivity index (χ1) is 12.2. The Morgan fingerprint density at radius 3 is 1.88 bits per heavy atom. The molecule has 2 unspecified atom stereocenters. The first-order valence-electron chi connectivity index (χ1n) is 10.7. The van der Waals surface area contributed by atoms with Gasteiger partial charge in [0.05, 0.1) is 6.10 Å². The zero-order valence-corrected chi connectivity index (χ0v) is 18.1. The average molecular weight is 384 g/mol. The Morgan fingerprint density at radius 1 is 0.808 bits per heavy atom. The molecule has 3 heteroatoms. The fraction of sp³-hybridized carbons (Fsp3) is 0.739. The van der Waals surface area contributed by atoms with E-state index < -0.39 is 0 Å². The first-order valence-corrected chi connectivity index (χ1v) is 10.7. The quantitative estimate of drug-likeness (QED) is 0.343. The second-order valence-corrected chi connectivity index (χ2v) is 7.36. The Hall–Kier alpha value is -0.570. The standard InChI is InChI=1S/C23H41NO.ClH/c1-4-7-8-9-10-11-12-14-19-22(20-24(5-2)6-3)23(25)21-17-15-13-16-18-21;/h13,15-18,22-23,25H,4-12,14,19-20H2,1-3H3;1H. The van der Waals surface area contributed by atoms with Gasteiger partial charge in [-0.2, -0.15) is 0 Å². The lowest BCUT2D eigenvalue weighted by molar-refractivity contribution is 0.0746. The second-order valence-electron chi connectivity index (χ2n) is 7.36. The number of halogens is 1. The Kier molecular flexibility index (Phi) is 16.2. The predicted octanol–water partition coefficient (Wildman–Crippen LogP) is 6.63. The minimum Gasteiger partial charge on any atom is -0.388 e. The van der Waals surface area contributed by atoms with Crippen molar-refractivity contribution in [2.24, 2.45) is 5.92 Å². The van der Waals surface area contributed by atoms with Gasteiger partial charge in [-0.3, -0.25) is 0 Å². The van der Waals surface area contributed by atoms with Gasteiger partial charge in [-0.1, -0.05) is 102 Å². The summed E-state index contributed by atoms with van der Waals surface area (Å²) >= 11 is 0. The molecule has 0 radical (unpaired) electrons. The zero-order chi connectivity index (χ0) is 18.3. The fourth-order valence-corrected chi connectivity index (χ4v) is 3.63. The third kappa shape index (κ3) is 10.5. The molecule has 0 heterocycles. The first kappa shape index (κ1) is 25.4. The third-order valence-electron chi connectivity index (χ3n) is 5.40. The predicted molar refractivity (Wildman–Crippen MR) is 117 cm³/mol. The van der Waals surface area contributed by atoms with Crippen molar-refractivity contribution in [3.63, 3.8) is 0 Å². The number of aliphatic hydroxyl groups is 1. The number of benzene rings is 1. The van der Waals surface area contributed by atoms with Crippen molar-refractivity contribution in [1.82, 2.24) is 4.90 Å². The maximum absolute atomic E-state index is 10.9. The number of nitrogens with zero attached hydrogens (tertiary/aromatic N) is 1. The van der Waals surface area contributed by atoms with Crippen LogP contribution in [0.1, 0.15) is 90.2 Å². The van der Waals surface area contributed by atoms with Crippen LogP contribution in [0.25, 0.3) is 0 Å². The van der Waals surface area contributed by atoms with E-state index in [9.17, 15) is 5.11 Å². The van der Waals surface area contributed by atoms with Crippen LogP contribution < -0.4 is 0 Å². The molecule has 0 bridgehead atoms. The van der Waals surface area contributed by atoms with E-state index in [4.69, 9.17) is 0 Å². The van der Waals surface area contributed by atoms with Crippen LogP contribution in [0.4, 0.5) is 0 Å². The van der Waals surface area contributed by atoms with Gasteiger partial charge in [0.15, 0.2) is 0 Å². The number of hydrogen-bond acceptors (Lipinski definition) is 2. The SMILES string of the molecule is CCCCCCCCCCC(CN(CC)CC)C(O)c1ccccc1.Cl. The molecule has 0 saturated heterocycles. The van der Waals surface area contributed by atoms with Gasteiger partial charge in [0.1, 0.15) is 0 Å². The van der Waals surface area contributed by atoms with E-state index in [1.165, 1.54) is 51.4 Å². The van der Waals surface area contributed by atoms with Crippen LogP contribution in [-0.4, -0.2) is 29.6 Å². The van der Waals surface area contributed by atoms with E-state index >= 15 is 0 Å². The second kappa shape index (κ2) is 16.6. The van der Waals surface area contributed by atoms with Gasteiger partial charge in [0, 0.05) is 12.5 Å². The third-order valence-corrected chi connectivity index (χ3v) is 5.40. The molecule has 152 valence electrons. The maximum atomic E-state index is 10.9. The Bertz CT molecular complexity index is 408. The van der Waals surface area contributed by atoms with Gasteiger partial charge < -0.3 is 10.0 Å². The van der Waals surface area contributed by atoms with Crippen LogP contribution in [0.3, 0.4) is 0 Å². The van der Waals surface area contributed by atoms with Crippen LogP contribution in [0.15, 0.2) is 30.3 Å². The van der Waals surface area contributed by atoms with Gasteiger partial charge >= 0.3 is 0 Å². The minimum absolute atomic E-state index is 0. The summed E-state index contributed by atoms with van der Waals surface area (Å²) in [4.78, 5) is 2.45. The lowest BCUT2D eigenvalue weighted by Crippen LogP contribution is -2.32. The summed E-state index contributed by atoms with van der Waals surface area (Å²) in [7, 11) is 0. The molecule has 0 saturated carbocycles. The monoisotopic (exact) mass is 383 g/mol. The molecular formula is C23H42ClNO. The van der Waals surface area contributed by atoms with Crippen LogP contribution >= 0.6 is 12.4 Å². The highest BCUT2D eigenvalue weighted by Gasteiger charge is 2.22. The lowest BCUT2D eigenvalue weighted by Gasteiger charge is -2.29. The molecule has 26 heavy (non-hydrogen) atoms. The molecule has 1 N–H and O–H groups in total. The lowest BCUT2D eigenvalue weighted by atomic mass is 9.90. The molecule has 1 aromatic carbocycles. The molecule has 0 aliphatic rings. The molecule has 2 nitrogen and oxygen atoms in total. The van der Waals surface area contributed by atoms with Crippen LogP contribution in [0, 0.1) is 5.92 Å². The zero-order valence-electron chi connectivity index (χ0n) is 17.3. The Balaban J connectivity index is 0.00000625. The van der Waals surface area contributed by atoms with E-state index in [1.54, 1.807) is 0 Å². The van der Waals surface area contributed by atoms with E-state index in [1.807, 2.05) is 18.2 Å². The van der Waals surface area contributed by atoms with Gasteiger partial charge in [-0.15, -0.1) is 12.4 Å². The van der Waals surface area contributed by atoms with Crippen LogP contribution in [0.5, 0.6) is 0 Å². The van der Waals surface area contributed by atoms with Crippen molar-refractivity contribution in [2.75, 3.05) is 19.6 Å². The van der Waals surface area contributed by atoms with E-state index in [0.717, 1.165) is 31.6 Å². The van der Waals surface area contributed by atoms with Crippen molar-refractivity contribution < 1.29 is 5.11 Å². The molecule has 0 spiro atoms. The van der Waals surface area contributed by atoms with Crippen LogP contribution in [-0.2, 0) is 0 Å². The smallest absolute Gasteiger partial charge is 0.0830 e. The molecule has 2 atom stereocenters. The molecule has 0 amide bonds. The van der Waals surface area contributed by atoms with Gasteiger partial charge in [0.2, 0.25) is 0 Å². The average Bonchev–Trinajstić information content (AvgIpc) is 2.66. The van der Waals surface area contributed by atoms with Gasteiger partial charge in [-0.05, 0) is 25.1 Å². The van der Waals surface area contributed by atoms with Crippen molar-refractivity contribution in [3.8, 4) is 0 Å². The normalized spacial score (nSPS) is 13.4. The Morgan fingerprint density at radius 2 is 1.35 bits per heavy atom. The Labute approximate surface area is 168 Å². The summed E-state index contributed by atoms with van der Waals surface area (Å²) in [6.07, 6.45) is 11.6.